The molecule has 0 fully saturated rings. The first-order chi connectivity index (χ1) is 11.5. The van der Waals surface area contributed by atoms with Crippen LogP contribution in [0.2, 0.25) is 0 Å². The van der Waals surface area contributed by atoms with Crippen molar-refractivity contribution < 1.29 is 4.79 Å². The number of nitrogens with one attached hydrogen (secondary N) is 1. The molecular weight excluding hydrogens is 302 g/mol. The first kappa shape index (κ1) is 16.1. The second-order valence-corrected chi connectivity index (χ2v) is 6.02. The highest BCUT2D eigenvalue weighted by atomic mass is 16.1. The van der Waals surface area contributed by atoms with Gasteiger partial charge < -0.3 is 5.32 Å². The van der Waals surface area contributed by atoms with E-state index in [1.807, 2.05) is 30.7 Å². The number of hydrogen-bond donors (Lipinski definition) is 1. The molecule has 124 valence electrons. The summed E-state index contributed by atoms with van der Waals surface area (Å²) in [7, 11) is 0. The topological polar surface area (TPSA) is 72.7 Å². The largest absolute Gasteiger partial charge is 0.306 e. The molecule has 3 heterocycles. The molecule has 3 aromatic rings. The lowest BCUT2D eigenvalue weighted by atomic mass is 10.1. The number of rotatable bonds is 4. The van der Waals surface area contributed by atoms with Gasteiger partial charge in [-0.1, -0.05) is 13.0 Å². The van der Waals surface area contributed by atoms with E-state index in [1.165, 1.54) is 0 Å². The van der Waals surface area contributed by atoms with Gasteiger partial charge in [0.05, 0.1) is 23.2 Å². The third-order valence-electron chi connectivity index (χ3n) is 4.19. The summed E-state index contributed by atoms with van der Waals surface area (Å²) in [6.07, 6.45) is 4.33. The maximum atomic E-state index is 12.8. The number of carbonyl (C=O) groups is 1. The van der Waals surface area contributed by atoms with Crippen LogP contribution in [0.15, 0.2) is 30.6 Å². The fourth-order valence-corrected chi connectivity index (χ4v) is 2.62. The van der Waals surface area contributed by atoms with Crippen molar-refractivity contribution in [3.63, 3.8) is 0 Å². The van der Waals surface area contributed by atoms with Crippen LogP contribution >= 0.6 is 0 Å². The molecule has 3 rings (SSSR count). The molecule has 0 spiro atoms. The number of anilines is 1. The number of aromatic nitrogens is 4. The van der Waals surface area contributed by atoms with E-state index in [0.29, 0.717) is 11.4 Å². The molecule has 0 saturated carbocycles. The lowest BCUT2D eigenvalue weighted by Gasteiger charge is -2.11. The van der Waals surface area contributed by atoms with Crippen molar-refractivity contribution in [2.45, 2.75) is 40.2 Å². The van der Waals surface area contributed by atoms with Crippen LogP contribution in [0.5, 0.6) is 0 Å². The van der Waals surface area contributed by atoms with E-state index in [9.17, 15) is 4.79 Å². The van der Waals surface area contributed by atoms with Gasteiger partial charge in [-0.05, 0) is 44.9 Å². The lowest BCUT2D eigenvalue weighted by Crippen LogP contribution is -2.15. The SMILES string of the molecule is CC[C@H](C)n1ncc2c(C(=O)Nc3ncccc3C)cc(C)nc21. The molecule has 6 heteroatoms. The zero-order valence-corrected chi connectivity index (χ0v) is 14.4. The van der Waals surface area contributed by atoms with Crippen molar-refractivity contribution in [1.29, 1.82) is 0 Å². The Kier molecular flexibility index (Phi) is 4.29. The van der Waals surface area contributed by atoms with Gasteiger partial charge in [-0.25, -0.2) is 14.6 Å². The molecule has 0 bridgehead atoms. The molecule has 3 aromatic heterocycles. The van der Waals surface area contributed by atoms with Gasteiger partial charge in [0.25, 0.3) is 5.91 Å². The normalized spacial score (nSPS) is 12.3. The van der Waals surface area contributed by atoms with Crippen LogP contribution in [0.4, 0.5) is 5.82 Å². The minimum absolute atomic E-state index is 0.198. The monoisotopic (exact) mass is 323 g/mol. The first-order valence-corrected chi connectivity index (χ1v) is 8.09. The minimum Gasteiger partial charge on any atom is -0.306 e. The lowest BCUT2D eigenvalue weighted by molar-refractivity contribution is 0.102. The van der Waals surface area contributed by atoms with Crippen molar-refractivity contribution in [3.05, 3.63) is 47.4 Å². The van der Waals surface area contributed by atoms with Crippen molar-refractivity contribution >= 4 is 22.8 Å². The van der Waals surface area contributed by atoms with Gasteiger partial charge in [0, 0.05) is 11.9 Å². The Labute approximate surface area is 140 Å². The number of hydrogen-bond acceptors (Lipinski definition) is 4. The molecule has 0 unspecified atom stereocenters. The second-order valence-electron chi connectivity index (χ2n) is 6.02. The summed E-state index contributed by atoms with van der Waals surface area (Å²) in [5, 5.41) is 8.07. The van der Waals surface area contributed by atoms with Crippen molar-refractivity contribution in [3.8, 4) is 0 Å². The summed E-state index contributed by atoms with van der Waals surface area (Å²) in [5.74, 6) is 0.371. The average molecular weight is 323 g/mol. The van der Waals surface area contributed by atoms with Crippen molar-refractivity contribution in [2.24, 2.45) is 0 Å². The standard InChI is InChI=1S/C18H21N5O/c1-5-13(4)23-17-15(10-20-23)14(9-12(3)21-17)18(24)22-16-11(2)7-6-8-19-16/h6-10,13H,5H2,1-4H3,(H,19,22,24)/t13-/m0/s1. The van der Waals surface area contributed by atoms with Crippen LogP contribution in [0.25, 0.3) is 11.0 Å². The highest BCUT2D eigenvalue weighted by molar-refractivity contribution is 6.11. The maximum Gasteiger partial charge on any atom is 0.257 e. The fourth-order valence-electron chi connectivity index (χ4n) is 2.62. The quantitative estimate of drug-likeness (QED) is 0.795. The Balaban J connectivity index is 2.04. The fraction of sp³-hybridized carbons (Fsp3) is 0.333. The highest BCUT2D eigenvalue weighted by Gasteiger charge is 2.18. The molecule has 0 saturated heterocycles. The highest BCUT2D eigenvalue weighted by Crippen LogP contribution is 2.23. The molecule has 1 atom stereocenters. The second kappa shape index (κ2) is 6.39. The Morgan fingerprint density at radius 1 is 1.38 bits per heavy atom. The van der Waals surface area contributed by atoms with Crippen LogP contribution in [0.3, 0.4) is 0 Å². The molecule has 0 aliphatic heterocycles. The van der Waals surface area contributed by atoms with E-state index < -0.39 is 0 Å². The average Bonchev–Trinajstić information content (AvgIpc) is 2.99. The van der Waals surface area contributed by atoms with E-state index in [-0.39, 0.29) is 11.9 Å². The number of aryl methyl sites for hydroxylation is 2. The number of nitrogens with zero attached hydrogens (tertiary/aromatic N) is 4. The van der Waals surface area contributed by atoms with E-state index in [4.69, 9.17) is 0 Å². The molecule has 0 radical (unpaired) electrons. The van der Waals surface area contributed by atoms with Crippen molar-refractivity contribution in [1.82, 2.24) is 19.7 Å². The molecule has 24 heavy (non-hydrogen) atoms. The maximum absolute atomic E-state index is 12.8. The smallest absolute Gasteiger partial charge is 0.257 e. The zero-order chi connectivity index (χ0) is 17.3. The number of carbonyl (C=O) groups excluding carboxylic acids is 1. The predicted octanol–water partition coefficient (Wildman–Crippen LogP) is 3.67. The van der Waals surface area contributed by atoms with Gasteiger partial charge in [0.1, 0.15) is 5.82 Å². The molecule has 1 amide bonds. The summed E-state index contributed by atoms with van der Waals surface area (Å²) in [4.78, 5) is 21.6. The third-order valence-corrected chi connectivity index (χ3v) is 4.19. The minimum atomic E-state index is -0.198. The summed E-state index contributed by atoms with van der Waals surface area (Å²) >= 11 is 0. The Morgan fingerprint density at radius 2 is 2.17 bits per heavy atom. The number of amides is 1. The summed E-state index contributed by atoms with van der Waals surface area (Å²) in [6.45, 7) is 7.99. The van der Waals surface area contributed by atoms with Crippen LogP contribution in [-0.2, 0) is 0 Å². The Morgan fingerprint density at radius 3 is 2.88 bits per heavy atom. The van der Waals surface area contributed by atoms with Crippen LogP contribution in [-0.4, -0.2) is 25.7 Å². The molecule has 0 aliphatic rings. The van der Waals surface area contributed by atoms with E-state index >= 15 is 0 Å². The molecule has 1 N–H and O–H groups in total. The van der Waals surface area contributed by atoms with Gasteiger partial charge in [0.2, 0.25) is 0 Å². The molecular formula is C18H21N5O. The zero-order valence-electron chi connectivity index (χ0n) is 14.4. The molecule has 0 aliphatic carbocycles. The van der Waals surface area contributed by atoms with Gasteiger partial charge in [-0.15, -0.1) is 0 Å². The Hall–Kier alpha value is -2.76. The number of pyridine rings is 2. The number of fused-ring (bicyclic) bond motifs is 1. The van der Waals surface area contributed by atoms with Crippen LogP contribution in [0, 0.1) is 13.8 Å². The van der Waals surface area contributed by atoms with Gasteiger partial charge in [-0.2, -0.15) is 5.10 Å². The predicted molar refractivity (Wildman–Crippen MR) is 94.2 cm³/mol. The van der Waals surface area contributed by atoms with Gasteiger partial charge >= 0.3 is 0 Å². The first-order valence-electron chi connectivity index (χ1n) is 8.09. The summed E-state index contributed by atoms with van der Waals surface area (Å²) < 4.78 is 1.88. The van der Waals surface area contributed by atoms with E-state index in [2.05, 4.69) is 34.2 Å². The van der Waals surface area contributed by atoms with Gasteiger partial charge in [0.15, 0.2) is 5.65 Å². The Bertz CT molecular complexity index is 900. The van der Waals surface area contributed by atoms with E-state index in [0.717, 1.165) is 28.7 Å². The molecule has 6 nitrogen and oxygen atoms in total. The summed E-state index contributed by atoms with van der Waals surface area (Å²) in [5.41, 5.74) is 3.02. The molecule has 0 aromatic carbocycles. The van der Waals surface area contributed by atoms with Crippen LogP contribution < -0.4 is 5.32 Å². The van der Waals surface area contributed by atoms with E-state index in [1.54, 1.807) is 18.5 Å². The summed E-state index contributed by atoms with van der Waals surface area (Å²) in [6, 6.07) is 5.77. The van der Waals surface area contributed by atoms with Crippen LogP contribution in [0.1, 0.15) is 47.9 Å². The van der Waals surface area contributed by atoms with Gasteiger partial charge in [-0.3, -0.25) is 4.79 Å². The van der Waals surface area contributed by atoms with Crippen molar-refractivity contribution in [2.75, 3.05) is 5.32 Å². The third kappa shape index (κ3) is 2.87.